The number of anilines is 3. The molecule has 1 heterocycles. The first-order chi connectivity index (χ1) is 33.2. The first-order valence-electron chi connectivity index (χ1n) is 23.2. The monoisotopic (exact) mass is 868 g/mol. The van der Waals surface area contributed by atoms with Crippen molar-refractivity contribution in [1.29, 1.82) is 0 Å². The Morgan fingerprint density at radius 3 is 1.49 bits per heavy atom. The molecule has 13 aromatic rings. The van der Waals surface area contributed by atoms with Gasteiger partial charge in [0.05, 0.1) is 16.7 Å². The van der Waals surface area contributed by atoms with E-state index in [1.807, 2.05) is 0 Å². The molecule has 0 bridgehead atoms. The van der Waals surface area contributed by atoms with E-state index in [1.165, 1.54) is 86.0 Å². The van der Waals surface area contributed by atoms with E-state index in [1.54, 1.807) is 0 Å². The smallest absolute Gasteiger partial charge is 0.179 e. The Morgan fingerprint density at radius 1 is 0.299 bits per heavy atom. The zero-order valence-electron chi connectivity index (χ0n) is 36.8. The van der Waals surface area contributed by atoms with Crippen LogP contribution < -0.4 is 25.6 Å². The lowest BCUT2D eigenvalue weighted by Gasteiger charge is -2.34. The molecule has 0 aliphatic rings. The molecule has 0 aliphatic heterocycles. The fraction of sp³-hybridized carbons (Fsp3) is 0. The van der Waals surface area contributed by atoms with Gasteiger partial charge >= 0.3 is 0 Å². The van der Waals surface area contributed by atoms with Gasteiger partial charge in [0.25, 0.3) is 0 Å². The van der Waals surface area contributed by atoms with E-state index < -0.39 is 8.07 Å². The van der Waals surface area contributed by atoms with Crippen LogP contribution in [0.4, 0.5) is 17.1 Å². The molecule has 1 aromatic heterocycles. The van der Waals surface area contributed by atoms with Crippen LogP contribution in [0.25, 0.3) is 70.9 Å². The van der Waals surface area contributed by atoms with Gasteiger partial charge in [0, 0.05) is 33.2 Å². The number of aromatic nitrogens is 1. The number of benzene rings is 12. The number of nitrogens with zero attached hydrogens (tertiary/aromatic N) is 2. The van der Waals surface area contributed by atoms with Crippen molar-refractivity contribution in [3.05, 3.63) is 267 Å². The zero-order chi connectivity index (χ0) is 44.3. The highest BCUT2D eigenvalue weighted by molar-refractivity contribution is 7.19. The molecule has 0 saturated carbocycles. The van der Waals surface area contributed by atoms with Crippen molar-refractivity contribution >= 4 is 100 Å². The summed E-state index contributed by atoms with van der Waals surface area (Å²) >= 11 is 0. The van der Waals surface area contributed by atoms with Gasteiger partial charge in [-0.25, -0.2) is 0 Å². The average molecular weight is 869 g/mol. The fourth-order valence-electron chi connectivity index (χ4n) is 11.0. The van der Waals surface area contributed by atoms with Gasteiger partial charge in [0.1, 0.15) is 0 Å². The minimum atomic E-state index is -2.63. The van der Waals surface area contributed by atoms with E-state index in [-0.39, 0.29) is 0 Å². The highest BCUT2D eigenvalue weighted by Gasteiger charge is 2.41. The van der Waals surface area contributed by atoms with Crippen LogP contribution in [0.3, 0.4) is 0 Å². The molecule has 0 spiro atoms. The minimum Gasteiger partial charge on any atom is -0.310 e. The van der Waals surface area contributed by atoms with Crippen LogP contribution in [0.5, 0.6) is 0 Å². The van der Waals surface area contributed by atoms with Crippen molar-refractivity contribution in [3.63, 3.8) is 0 Å². The lowest BCUT2D eigenvalue weighted by molar-refractivity contribution is 1.18. The Bertz CT molecular complexity index is 3800. The number of hydrogen-bond donors (Lipinski definition) is 0. The Balaban J connectivity index is 0.963. The van der Waals surface area contributed by atoms with E-state index in [4.69, 9.17) is 0 Å². The second-order valence-corrected chi connectivity index (χ2v) is 21.5. The molecular formula is C64H44N2Si. The summed E-state index contributed by atoms with van der Waals surface area (Å²) in [4.78, 5) is 2.45. The molecule has 0 saturated heterocycles. The quantitative estimate of drug-likeness (QED) is 0.0797. The highest BCUT2D eigenvalue weighted by Crippen LogP contribution is 2.45. The summed E-state index contributed by atoms with van der Waals surface area (Å²) in [5, 5.41) is 15.4. The molecule has 0 atom stereocenters. The molecule has 0 radical (unpaired) electrons. The SMILES string of the molecule is c1ccc([Si](c2ccccc2)(c2ccccc2)c2ccc(-c3ccc(N(c4cc5ccc6cccc7c6c5c(c4)n7-c4ccc5ccccc5c4)c4cccc5ccccc45)cc3)cc2)cc1. The standard InChI is InChI=1S/C64H44N2Si/c1-4-21-55(22-5-1)67(56-23-6-2-7-24-56,57-25-8-3-9-26-57)58-40-35-47(36-41-58)46-32-37-52(38-33-46)65(60-28-14-19-48-17-12-13-27-59(48)60)54-43-51-31-30-49-20-15-29-61-63(49)64(51)62(44-54)66(61)53-39-34-45-16-10-11-18-50(45)42-53/h1-44H. The third kappa shape index (κ3) is 6.31. The molecule has 2 nitrogen and oxygen atoms in total. The minimum absolute atomic E-state index is 1.10. The van der Waals surface area contributed by atoms with Gasteiger partial charge in [0.2, 0.25) is 0 Å². The summed E-state index contributed by atoms with van der Waals surface area (Å²) in [5.74, 6) is 0. The van der Waals surface area contributed by atoms with Crippen LogP contribution in [-0.4, -0.2) is 12.6 Å². The molecule has 0 fully saturated rings. The van der Waals surface area contributed by atoms with Crippen LogP contribution in [-0.2, 0) is 0 Å². The van der Waals surface area contributed by atoms with Crippen molar-refractivity contribution in [2.45, 2.75) is 0 Å². The summed E-state index contributed by atoms with van der Waals surface area (Å²) in [6.45, 7) is 0. The lowest BCUT2D eigenvalue weighted by Crippen LogP contribution is -2.74. The average Bonchev–Trinajstić information content (AvgIpc) is 3.75. The van der Waals surface area contributed by atoms with Crippen LogP contribution in [0.15, 0.2) is 267 Å². The summed E-state index contributed by atoms with van der Waals surface area (Å²) in [7, 11) is -2.63. The largest absolute Gasteiger partial charge is 0.310 e. The predicted molar refractivity (Wildman–Crippen MR) is 288 cm³/mol. The second kappa shape index (κ2) is 15.9. The number of rotatable bonds is 9. The van der Waals surface area contributed by atoms with Gasteiger partial charge in [-0.1, -0.05) is 218 Å². The number of hydrogen-bond acceptors (Lipinski definition) is 1. The molecule has 0 amide bonds. The maximum atomic E-state index is 2.47. The molecular weight excluding hydrogens is 825 g/mol. The van der Waals surface area contributed by atoms with Crippen molar-refractivity contribution < 1.29 is 0 Å². The lowest BCUT2D eigenvalue weighted by atomic mass is 10.00. The first kappa shape index (κ1) is 38.9. The molecule has 0 unspecified atom stereocenters. The molecule has 3 heteroatoms. The van der Waals surface area contributed by atoms with E-state index in [9.17, 15) is 0 Å². The van der Waals surface area contributed by atoms with Gasteiger partial charge in [-0.3, -0.25) is 0 Å². The highest BCUT2D eigenvalue weighted by atomic mass is 28.3. The van der Waals surface area contributed by atoms with Gasteiger partial charge in [-0.05, 0) is 107 Å². The maximum Gasteiger partial charge on any atom is 0.179 e. The normalized spacial score (nSPS) is 11.9. The molecule has 0 aliphatic carbocycles. The van der Waals surface area contributed by atoms with Gasteiger partial charge in [0.15, 0.2) is 8.07 Å². The fourth-order valence-corrected chi connectivity index (χ4v) is 15.8. The molecule has 13 rings (SSSR count). The summed E-state index contributed by atoms with van der Waals surface area (Å²) < 4.78 is 2.47. The Kier molecular flexibility index (Phi) is 9.22. The van der Waals surface area contributed by atoms with E-state index in [0.717, 1.165) is 22.7 Å². The molecule has 12 aromatic carbocycles. The van der Waals surface area contributed by atoms with Crippen LogP contribution >= 0.6 is 0 Å². The van der Waals surface area contributed by atoms with Gasteiger partial charge in [-0.2, -0.15) is 0 Å². The number of fused-ring (bicyclic) bond motifs is 2. The third-order valence-corrected chi connectivity index (χ3v) is 18.8. The van der Waals surface area contributed by atoms with Gasteiger partial charge in [-0.15, -0.1) is 0 Å². The van der Waals surface area contributed by atoms with Crippen molar-refractivity contribution in [2.75, 3.05) is 4.90 Å². The zero-order valence-corrected chi connectivity index (χ0v) is 37.8. The van der Waals surface area contributed by atoms with E-state index in [2.05, 4.69) is 276 Å². The predicted octanol–water partition coefficient (Wildman–Crippen LogP) is 14.2. The Labute approximate surface area is 391 Å². The second-order valence-electron chi connectivity index (χ2n) is 17.7. The summed E-state index contributed by atoms with van der Waals surface area (Å²) in [6.07, 6.45) is 0. The first-order valence-corrected chi connectivity index (χ1v) is 25.2. The van der Waals surface area contributed by atoms with E-state index in [0.29, 0.717) is 0 Å². The van der Waals surface area contributed by atoms with Crippen molar-refractivity contribution in [3.8, 4) is 16.8 Å². The Hall–Kier alpha value is -8.50. The molecule has 314 valence electrons. The third-order valence-electron chi connectivity index (χ3n) is 14.0. The van der Waals surface area contributed by atoms with Crippen LogP contribution in [0, 0.1) is 0 Å². The van der Waals surface area contributed by atoms with Crippen LogP contribution in [0.2, 0.25) is 0 Å². The van der Waals surface area contributed by atoms with Crippen molar-refractivity contribution in [1.82, 2.24) is 4.57 Å². The summed E-state index contributed by atoms with van der Waals surface area (Å²) in [5.41, 5.74) is 9.28. The topological polar surface area (TPSA) is 8.17 Å². The van der Waals surface area contributed by atoms with Crippen LogP contribution in [0.1, 0.15) is 0 Å². The van der Waals surface area contributed by atoms with E-state index >= 15 is 0 Å². The van der Waals surface area contributed by atoms with Gasteiger partial charge < -0.3 is 9.47 Å². The maximum absolute atomic E-state index is 2.63. The Morgan fingerprint density at radius 2 is 0.806 bits per heavy atom. The molecule has 0 N–H and O–H groups in total. The summed E-state index contributed by atoms with van der Waals surface area (Å²) in [6, 6.07) is 99.0. The molecule has 67 heavy (non-hydrogen) atoms. The van der Waals surface area contributed by atoms with Crippen molar-refractivity contribution in [2.24, 2.45) is 0 Å².